The van der Waals surface area contributed by atoms with Gasteiger partial charge in [-0.1, -0.05) is 25.4 Å². The molecule has 1 amide bonds. The number of benzene rings is 1. The molecule has 104 valence electrons. The Bertz CT molecular complexity index is 471. The van der Waals surface area contributed by atoms with Crippen molar-refractivity contribution in [2.75, 3.05) is 6.54 Å². The van der Waals surface area contributed by atoms with Crippen molar-refractivity contribution in [2.45, 2.75) is 39.2 Å². The molecule has 1 aliphatic rings. The van der Waals surface area contributed by atoms with Crippen molar-refractivity contribution in [1.82, 2.24) is 4.90 Å². The molecule has 1 fully saturated rings. The summed E-state index contributed by atoms with van der Waals surface area (Å²) in [7, 11) is 0. The van der Waals surface area contributed by atoms with E-state index in [9.17, 15) is 4.79 Å². The van der Waals surface area contributed by atoms with Gasteiger partial charge >= 0.3 is 0 Å². The average molecular weight is 392 g/mol. The van der Waals surface area contributed by atoms with Crippen LogP contribution in [0.15, 0.2) is 18.2 Å². The van der Waals surface area contributed by atoms with E-state index in [2.05, 4.69) is 36.4 Å². The summed E-state index contributed by atoms with van der Waals surface area (Å²) in [5.74, 6) is 0.752. The van der Waals surface area contributed by atoms with Gasteiger partial charge in [-0.15, -0.1) is 0 Å². The maximum Gasteiger partial charge on any atom is 0.255 e. The SMILES string of the molecule is CC(C)CCN(C(=O)c1cc(Cl)ccc1I)C1CC1. The summed E-state index contributed by atoms with van der Waals surface area (Å²) in [5, 5.41) is 0.628. The number of rotatable bonds is 5. The minimum atomic E-state index is 0.134. The third-order valence-corrected chi connectivity index (χ3v) is 4.53. The minimum Gasteiger partial charge on any atom is -0.336 e. The highest BCUT2D eigenvalue weighted by atomic mass is 127. The summed E-state index contributed by atoms with van der Waals surface area (Å²) < 4.78 is 0.974. The molecule has 0 spiro atoms. The molecule has 0 radical (unpaired) electrons. The fourth-order valence-corrected chi connectivity index (χ4v) is 2.79. The van der Waals surface area contributed by atoms with E-state index in [4.69, 9.17) is 11.6 Å². The van der Waals surface area contributed by atoms with Crippen molar-refractivity contribution in [1.29, 1.82) is 0 Å². The van der Waals surface area contributed by atoms with Crippen LogP contribution in [0.2, 0.25) is 5.02 Å². The van der Waals surface area contributed by atoms with Crippen LogP contribution in [-0.4, -0.2) is 23.4 Å². The first-order valence-corrected chi connectivity index (χ1v) is 8.20. The first kappa shape index (κ1) is 15.1. The topological polar surface area (TPSA) is 20.3 Å². The molecular formula is C15H19ClINO. The molecule has 0 unspecified atom stereocenters. The maximum atomic E-state index is 12.7. The third-order valence-electron chi connectivity index (χ3n) is 3.35. The largest absolute Gasteiger partial charge is 0.336 e. The fourth-order valence-electron chi connectivity index (χ4n) is 2.05. The lowest BCUT2D eigenvalue weighted by Gasteiger charge is -2.24. The van der Waals surface area contributed by atoms with Crippen molar-refractivity contribution < 1.29 is 4.79 Å². The number of nitrogens with zero attached hydrogens (tertiary/aromatic N) is 1. The van der Waals surface area contributed by atoms with E-state index in [1.54, 1.807) is 6.07 Å². The summed E-state index contributed by atoms with van der Waals surface area (Å²) in [4.78, 5) is 14.7. The van der Waals surface area contributed by atoms with E-state index in [0.29, 0.717) is 17.0 Å². The van der Waals surface area contributed by atoms with E-state index < -0.39 is 0 Å². The molecule has 0 heterocycles. The molecule has 2 nitrogen and oxygen atoms in total. The van der Waals surface area contributed by atoms with Gasteiger partial charge in [-0.2, -0.15) is 0 Å². The Morgan fingerprint density at radius 3 is 2.74 bits per heavy atom. The van der Waals surface area contributed by atoms with Gasteiger partial charge in [0.25, 0.3) is 5.91 Å². The van der Waals surface area contributed by atoms with Gasteiger partial charge in [-0.05, 0) is 66.0 Å². The molecule has 2 rings (SSSR count). The van der Waals surface area contributed by atoms with Gasteiger partial charge < -0.3 is 4.90 Å². The van der Waals surface area contributed by atoms with Gasteiger partial charge in [0.15, 0.2) is 0 Å². The van der Waals surface area contributed by atoms with Crippen molar-refractivity contribution in [3.8, 4) is 0 Å². The number of hydrogen-bond acceptors (Lipinski definition) is 1. The zero-order chi connectivity index (χ0) is 14.0. The van der Waals surface area contributed by atoms with Crippen LogP contribution in [0.4, 0.5) is 0 Å². The predicted octanol–water partition coefficient (Wildman–Crippen LogP) is 4.60. The Hall–Kier alpha value is -0.290. The maximum absolute atomic E-state index is 12.7. The summed E-state index contributed by atoms with van der Waals surface area (Å²) in [6, 6.07) is 5.97. The molecule has 0 aliphatic heterocycles. The van der Waals surface area contributed by atoms with Crippen LogP contribution in [0.1, 0.15) is 43.5 Å². The molecular weight excluding hydrogens is 373 g/mol. The van der Waals surface area contributed by atoms with Gasteiger partial charge in [0, 0.05) is 21.2 Å². The van der Waals surface area contributed by atoms with Gasteiger partial charge in [0.05, 0.1) is 5.56 Å². The monoisotopic (exact) mass is 391 g/mol. The molecule has 1 aromatic carbocycles. The third kappa shape index (κ3) is 4.09. The van der Waals surface area contributed by atoms with E-state index in [0.717, 1.165) is 34.9 Å². The first-order valence-electron chi connectivity index (χ1n) is 6.75. The number of hydrogen-bond donors (Lipinski definition) is 0. The van der Waals surface area contributed by atoms with E-state index in [1.807, 2.05) is 17.0 Å². The second kappa shape index (κ2) is 6.44. The van der Waals surface area contributed by atoms with E-state index in [-0.39, 0.29) is 5.91 Å². The molecule has 1 aliphatic carbocycles. The average Bonchev–Trinajstić information content (AvgIpc) is 3.16. The molecule has 0 atom stereocenters. The van der Waals surface area contributed by atoms with Crippen molar-refractivity contribution in [3.63, 3.8) is 0 Å². The molecule has 0 aromatic heterocycles. The summed E-state index contributed by atoms with van der Waals surface area (Å²) in [6.07, 6.45) is 3.33. The lowest BCUT2D eigenvalue weighted by atomic mass is 10.1. The number of carbonyl (C=O) groups excluding carboxylic acids is 1. The van der Waals surface area contributed by atoms with Gasteiger partial charge in [-0.25, -0.2) is 0 Å². The smallest absolute Gasteiger partial charge is 0.255 e. The van der Waals surface area contributed by atoms with Crippen LogP contribution in [0.3, 0.4) is 0 Å². The summed E-state index contributed by atoms with van der Waals surface area (Å²) >= 11 is 8.22. The standard InChI is InChI=1S/C15H19ClINO/c1-10(2)7-8-18(12-4-5-12)15(19)13-9-11(16)3-6-14(13)17/h3,6,9-10,12H,4-5,7-8H2,1-2H3. The van der Waals surface area contributed by atoms with Gasteiger partial charge in [0.2, 0.25) is 0 Å². The van der Waals surface area contributed by atoms with Crippen LogP contribution in [0.25, 0.3) is 0 Å². The number of carbonyl (C=O) groups is 1. The van der Waals surface area contributed by atoms with Gasteiger partial charge in [0.1, 0.15) is 0 Å². The Kier molecular flexibility index (Phi) is 5.12. The first-order chi connectivity index (χ1) is 8.99. The van der Waals surface area contributed by atoms with E-state index in [1.165, 1.54) is 0 Å². The van der Waals surface area contributed by atoms with Crippen LogP contribution in [-0.2, 0) is 0 Å². The lowest BCUT2D eigenvalue weighted by molar-refractivity contribution is 0.0734. The molecule has 19 heavy (non-hydrogen) atoms. The van der Waals surface area contributed by atoms with Crippen molar-refractivity contribution in [2.24, 2.45) is 5.92 Å². The second-order valence-electron chi connectivity index (χ2n) is 5.54. The highest BCUT2D eigenvalue weighted by Gasteiger charge is 2.33. The number of halogens is 2. The van der Waals surface area contributed by atoms with E-state index >= 15 is 0 Å². The Balaban J connectivity index is 2.16. The molecule has 0 bridgehead atoms. The Morgan fingerprint density at radius 2 is 2.16 bits per heavy atom. The van der Waals surface area contributed by atoms with Crippen LogP contribution >= 0.6 is 34.2 Å². The Morgan fingerprint density at radius 1 is 1.47 bits per heavy atom. The highest BCUT2D eigenvalue weighted by molar-refractivity contribution is 14.1. The van der Waals surface area contributed by atoms with Crippen LogP contribution in [0, 0.1) is 9.49 Å². The van der Waals surface area contributed by atoms with Gasteiger partial charge in [-0.3, -0.25) is 4.79 Å². The minimum absolute atomic E-state index is 0.134. The van der Waals surface area contributed by atoms with Crippen molar-refractivity contribution in [3.05, 3.63) is 32.4 Å². The molecule has 4 heteroatoms. The lowest BCUT2D eigenvalue weighted by Crippen LogP contribution is -2.35. The Labute approximate surface area is 133 Å². The zero-order valence-electron chi connectivity index (χ0n) is 11.3. The quantitative estimate of drug-likeness (QED) is 0.672. The highest BCUT2D eigenvalue weighted by Crippen LogP contribution is 2.30. The summed E-state index contributed by atoms with van der Waals surface area (Å²) in [5.41, 5.74) is 0.740. The normalized spacial score (nSPS) is 14.8. The summed E-state index contributed by atoms with van der Waals surface area (Å²) in [6.45, 7) is 5.24. The fraction of sp³-hybridized carbons (Fsp3) is 0.533. The second-order valence-corrected chi connectivity index (χ2v) is 7.14. The molecule has 0 N–H and O–H groups in total. The van der Waals surface area contributed by atoms with Crippen molar-refractivity contribution >= 4 is 40.1 Å². The predicted molar refractivity (Wildman–Crippen MR) is 87.7 cm³/mol. The van der Waals surface area contributed by atoms with Crippen LogP contribution in [0.5, 0.6) is 0 Å². The zero-order valence-corrected chi connectivity index (χ0v) is 14.2. The molecule has 1 aromatic rings. The molecule has 0 saturated heterocycles. The number of amides is 1. The molecule has 1 saturated carbocycles. The van der Waals surface area contributed by atoms with Crippen LogP contribution < -0.4 is 0 Å².